The summed E-state index contributed by atoms with van der Waals surface area (Å²) in [6, 6.07) is 5.95. The molecule has 0 saturated heterocycles. The van der Waals surface area contributed by atoms with Crippen molar-refractivity contribution in [3.05, 3.63) is 44.8 Å². The molecule has 0 unspecified atom stereocenters. The summed E-state index contributed by atoms with van der Waals surface area (Å²) in [6.45, 7) is 2.58. The Bertz CT molecular complexity index is 442. The van der Waals surface area contributed by atoms with Crippen molar-refractivity contribution in [3.63, 3.8) is 0 Å². The number of hydrogen-bond donors (Lipinski definition) is 0. The zero-order chi connectivity index (χ0) is 10.7. The van der Waals surface area contributed by atoms with Crippen LogP contribution in [-0.2, 0) is 6.61 Å². The molecule has 4 heteroatoms. The van der Waals surface area contributed by atoms with Crippen molar-refractivity contribution in [2.45, 2.75) is 13.5 Å². The monoisotopic (exact) mass is 283 g/mol. The summed E-state index contributed by atoms with van der Waals surface area (Å²) in [4.78, 5) is 4.16. The molecule has 0 amide bonds. The third-order valence-electron chi connectivity index (χ3n) is 1.98. The van der Waals surface area contributed by atoms with Gasteiger partial charge in [-0.05, 0) is 30.7 Å². The molecule has 1 heterocycles. The number of hydrogen-bond acceptors (Lipinski definition) is 3. The quantitative estimate of drug-likeness (QED) is 0.855. The Balaban J connectivity index is 2.02. The average molecular weight is 284 g/mol. The Hall–Kier alpha value is -0.870. The number of aromatic nitrogens is 1. The van der Waals surface area contributed by atoms with Crippen LogP contribution in [0, 0.1) is 6.92 Å². The van der Waals surface area contributed by atoms with Gasteiger partial charge in [0.05, 0.1) is 0 Å². The molecular weight excluding hydrogens is 274 g/mol. The maximum atomic E-state index is 5.61. The summed E-state index contributed by atoms with van der Waals surface area (Å²) < 4.78 is 6.71. The molecule has 0 bridgehead atoms. The van der Waals surface area contributed by atoms with Crippen molar-refractivity contribution in [2.24, 2.45) is 0 Å². The van der Waals surface area contributed by atoms with E-state index < -0.39 is 0 Å². The zero-order valence-electron chi connectivity index (χ0n) is 8.24. The van der Waals surface area contributed by atoms with E-state index in [1.165, 1.54) is 5.56 Å². The number of aryl methyl sites for hydroxylation is 1. The van der Waals surface area contributed by atoms with Crippen LogP contribution in [0.3, 0.4) is 0 Å². The van der Waals surface area contributed by atoms with Crippen LogP contribution >= 0.6 is 27.3 Å². The molecule has 78 valence electrons. The van der Waals surface area contributed by atoms with Gasteiger partial charge >= 0.3 is 0 Å². The lowest BCUT2D eigenvalue weighted by molar-refractivity contribution is 0.305. The molecule has 0 radical (unpaired) electrons. The van der Waals surface area contributed by atoms with Crippen LogP contribution < -0.4 is 4.74 Å². The second kappa shape index (κ2) is 4.77. The van der Waals surface area contributed by atoms with E-state index in [0.717, 1.165) is 15.2 Å². The van der Waals surface area contributed by atoms with Crippen molar-refractivity contribution in [1.29, 1.82) is 0 Å². The van der Waals surface area contributed by atoms with E-state index in [-0.39, 0.29) is 0 Å². The van der Waals surface area contributed by atoms with Crippen molar-refractivity contribution in [3.8, 4) is 5.75 Å². The third kappa shape index (κ3) is 2.79. The van der Waals surface area contributed by atoms with Gasteiger partial charge in [0.15, 0.2) is 0 Å². The van der Waals surface area contributed by atoms with Gasteiger partial charge in [-0.3, -0.25) is 0 Å². The summed E-state index contributed by atoms with van der Waals surface area (Å²) in [5, 5.41) is 2.95. The lowest BCUT2D eigenvalue weighted by atomic mass is 10.2. The van der Waals surface area contributed by atoms with Crippen LogP contribution in [0.4, 0.5) is 0 Å². The highest BCUT2D eigenvalue weighted by Gasteiger charge is 2.00. The predicted molar refractivity (Wildman–Crippen MR) is 65.3 cm³/mol. The lowest BCUT2D eigenvalue weighted by Crippen LogP contribution is -1.94. The molecule has 0 N–H and O–H groups in total. The molecule has 2 aromatic rings. The third-order valence-corrected chi connectivity index (χ3v) is 3.62. The molecule has 0 atom stereocenters. The van der Waals surface area contributed by atoms with E-state index in [9.17, 15) is 0 Å². The van der Waals surface area contributed by atoms with Gasteiger partial charge in [-0.2, -0.15) is 0 Å². The van der Waals surface area contributed by atoms with Crippen molar-refractivity contribution >= 4 is 27.3 Å². The largest absolute Gasteiger partial charge is 0.486 e. The first-order valence-corrected chi connectivity index (χ1v) is 6.20. The SMILES string of the molecule is Cc1cc(OCc2nccs2)ccc1Br. The highest BCUT2D eigenvalue weighted by Crippen LogP contribution is 2.22. The van der Waals surface area contributed by atoms with E-state index >= 15 is 0 Å². The summed E-state index contributed by atoms with van der Waals surface area (Å²) >= 11 is 5.06. The number of thiazole rings is 1. The highest BCUT2D eigenvalue weighted by atomic mass is 79.9. The maximum Gasteiger partial charge on any atom is 0.140 e. The van der Waals surface area contributed by atoms with E-state index in [0.29, 0.717) is 6.61 Å². The topological polar surface area (TPSA) is 22.1 Å². The zero-order valence-corrected chi connectivity index (χ0v) is 10.6. The molecule has 1 aromatic heterocycles. The molecule has 0 saturated carbocycles. The van der Waals surface area contributed by atoms with Gasteiger partial charge in [0.2, 0.25) is 0 Å². The minimum Gasteiger partial charge on any atom is -0.486 e. The van der Waals surface area contributed by atoms with E-state index in [4.69, 9.17) is 4.74 Å². The Morgan fingerprint density at radius 2 is 2.33 bits per heavy atom. The van der Waals surface area contributed by atoms with E-state index in [1.54, 1.807) is 17.5 Å². The Morgan fingerprint density at radius 3 is 3.00 bits per heavy atom. The summed E-state index contributed by atoms with van der Waals surface area (Å²) in [5.41, 5.74) is 1.17. The predicted octanol–water partition coefficient (Wildman–Crippen LogP) is 3.79. The first-order chi connectivity index (χ1) is 7.25. The molecule has 0 fully saturated rings. The molecule has 2 nitrogen and oxygen atoms in total. The number of rotatable bonds is 3. The molecule has 0 spiro atoms. The number of halogens is 1. The van der Waals surface area contributed by atoms with E-state index in [2.05, 4.69) is 20.9 Å². The minimum absolute atomic E-state index is 0.540. The standard InChI is InChI=1S/C11H10BrNOS/c1-8-6-9(2-3-10(8)12)14-7-11-13-4-5-15-11/h2-6H,7H2,1H3. The molecule has 2 rings (SSSR count). The number of benzene rings is 1. The molecule has 1 aromatic carbocycles. The minimum atomic E-state index is 0.540. The van der Waals surface area contributed by atoms with E-state index in [1.807, 2.05) is 30.5 Å². The summed E-state index contributed by atoms with van der Waals surface area (Å²) in [7, 11) is 0. The normalized spacial score (nSPS) is 10.3. The highest BCUT2D eigenvalue weighted by molar-refractivity contribution is 9.10. The molecule has 0 aliphatic rings. The van der Waals surface area contributed by atoms with Crippen molar-refractivity contribution in [1.82, 2.24) is 4.98 Å². The number of nitrogens with zero attached hydrogens (tertiary/aromatic N) is 1. The van der Waals surface area contributed by atoms with Gasteiger partial charge in [-0.15, -0.1) is 11.3 Å². The Morgan fingerprint density at radius 1 is 1.47 bits per heavy atom. The van der Waals surface area contributed by atoms with Crippen molar-refractivity contribution in [2.75, 3.05) is 0 Å². The van der Waals surface area contributed by atoms with Gasteiger partial charge in [0.1, 0.15) is 17.4 Å². The molecule has 0 aliphatic heterocycles. The van der Waals surface area contributed by atoms with Gasteiger partial charge < -0.3 is 4.74 Å². The number of ether oxygens (including phenoxy) is 1. The molecular formula is C11H10BrNOS. The fourth-order valence-corrected chi connectivity index (χ4v) is 1.95. The first kappa shape index (κ1) is 10.6. The smallest absolute Gasteiger partial charge is 0.140 e. The lowest BCUT2D eigenvalue weighted by Gasteiger charge is -2.05. The summed E-state index contributed by atoms with van der Waals surface area (Å²) in [6.07, 6.45) is 1.79. The molecule has 0 aliphatic carbocycles. The molecule has 15 heavy (non-hydrogen) atoms. The fraction of sp³-hybridized carbons (Fsp3) is 0.182. The van der Waals surface area contributed by atoms with Crippen LogP contribution in [0.25, 0.3) is 0 Å². The van der Waals surface area contributed by atoms with Crippen LogP contribution in [0.5, 0.6) is 5.75 Å². The first-order valence-electron chi connectivity index (χ1n) is 4.53. The van der Waals surface area contributed by atoms with Crippen LogP contribution in [-0.4, -0.2) is 4.98 Å². The van der Waals surface area contributed by atoms with Crippen molar-refractivity contribution < 1.29 is 4.74 Å². The Labute approximate surface area is 101 Å². The van der Waals surface area contributed by atoms with Gasteiger partial charge in [-0.1, -0.05) is 15.9 Å². The van der Waals surface area contributed by atoms with Crippen LogP contribution in [0.2, 0.25) is 0 Å². The van der Waals surface area contributed by atoms with Gasteiger partial charge in [-0.25, -0.2) is 4.98 Å². The Kier molecular flexibility index (Phi) is 3.38. The average Bonchev–Trinajstić information content (AvgIpc) is 2.73. The summed E-state index contributed by atoms with van der Waals surface area (Å²) in [5.74, 6) is 0.880. The second-order valence-electron chi connectivity index (χ2n) is 3.13. The maximum absolute atomic E-state index is 5.61. The van der Waals surface area contributed by atoms with Crippen LogP contribution in [0.1, 0.15) is 10.6 Å². The fourth-order valence-electron chi connectivity index (χ4n) is 1.18. The van der Waals surface area contributed by atoms with Gasteiger partial charge in [0.25, 0.3) is 0 Å². The second-order valence-corrected chi connectivity index (χ2v) is 4.96. The van der Waals surface area contributed by atoms with Crippen LogP contribution in [0.15, 0.2) is 34.2 Å². The van der Waals surface area contributed by atoms with Gasteiger partial charge in [0, 0.05) is 16.0 Å².